The van der Waals surface area contributed by atoms with Gasteiger partial charge in [0.25, 0.3) is 5.91 Å². The summed E-state index contributed by atoms with van der Waals surface area (Å²) < 4.78 is 5.17. The Balaban J connectivity index is 1.62. The van der Waals surface area contributed by atoms with E-state index >= 15 is 0 Å². The lowest BCUT2D eigenvalue weighted by atomic mass is 10.1. The molecule has 0 saturated carbocycles. The highest BCUT2D eigenvalue weighted by Crippen LogP contribution is 2.26. The molecule has 8 nitrogen and oxygen atoms in total. The molecular weight excluding hydrogens is 298 g/mol. The van der Waals surface area contributed by atoms with Crippen molar-refractivity contribution in [3.05, 3.63) is 35.6 Å². The SMILES string of the molecule is CC(=O)NCc1cnc([C@@H]2CCN(C(=O)c3ocnc3C)C2)[nH]1. The van der Waals surface area contributed by atoms with Gasteiger partial charge in [-0.15, -0.1) is 0 Å². The number of aromatic nitrogens is 3. The zero-order valence-electron chi connectivity index (χ0n) is 13.1. The topological polar surface area (TPSA) is 104 Å². The van der Waals surface area contributed by atoms with Gasteiger partial charge in [-0.3, -0.25) is 9.59 Å². The Morgan fingerprint density at radius 2 is 2.30 bits per heavy atom. The quantitative estimate of drug-likeness (QED) is 0.874. The first-order valence-corrected chi connectivity index (χ1v) is 7.52. The normalized spacial score (nSPS) is 17.5. The average Bonchev–Trinajstić information content (AvgIpc) is 3.24. The fourth-order valence-electron chi connectivity index (χ4n) is 2.71. The number of oxazole rings is 1. The first-order chi connectivity index (χ1) is 11.0. The van der Waals surface area contributed by atoms with Crippen molar-refractivity contribution in [1.82, 2.24) is 25.2 Å². The highest BCUT2D eigenvalue weighted by Gasteiger charge is 2.31. The van der Waals surface area contributed by atoms with E-state index in [2.05, 4.69) is 20.3 Å². The molecule has 2 N–H and O–H groups in total. The van der Waals surface area contributed by atoms with Crippen LogP contribution in [0.15, 0.2) is 17.0 Å². The molecule has 1 atom stereocenters. The van der Waals surface area contributed by atoms with Crippen molar-refractivity contribution in [1.29, 1.82) is 0 Å². The third-order valence-corrected chi connectivity index (χ3v) is 3.98. The van der Waals surface area contributed by atoms with Crippen LogP contribution < -0.4 is 5.32 Å². The Labute approximate surface area is 133 Å². The van der Waals surface area contributed by atoms with Crippen LogP contribution in [-0.2, 0) is 11.3 Å². The second kappa shape index (κ2) is 6.23. The molecule has 1 aliphatic heterocycles. The molecule has 0 aliphatic carbocycles. The summed E-state index contributed by atoms with van der Waals surface area (Å²) in [6, 6.07) is 0. The van der Waals surface area contributed by atoms with Gasteiger partial charge in [-0.25, -0.2) is 9.97 Å². The van der Waals surface area contributed by atoms with Gasteiger partial charge in [-0.2, -0.15) is 0 Å². The van der Waals surface area contributed by atoms with Gasteiger partial charge < -0.3 is 19.6 Å². The Morgan fingerprint density at radius 3 is 3.00 bits per heavy atom. The molecule has 8 heteroatoms. The van der Waals surface area contributed by atoms with Crippen LogP contribution in [0.25, 0.3) is 0 Å². The molecular formula is C15H19N5O3. The molecule has 0 spiro atoms. The number of hydrogen-bond donors (Lipinski definition) is 2. The van der Waals surface area contributed by atoms with Crippen LogP contribution in [0.1, 0.15) is 47.0 Å². The molecule has 2 aromatic rings. The summed E-state index contributed by atoms with van der Waals surface area (Å²) in [7, 11) is 0. The molecule has 1 aliphatic rings. The number of nitrogens with zero attached hydrogens (tertiary/aromatic N) is 3. The Morgan fingerprint density at radius 1 is 1.48 bits per heavy atom. The summed E-state index contributed by atoms with van der Waals surface area (Å²) in [6.07, 6.45) is 3.85. The summed E-state index contributed by atoms with van der Waals surface area (Å²) in [5, 5.41) is 2.72. The van der Waals surface area contributed by atoms with Crippen LogP contribution >= 0.6 is 0 Å². The first-order valence-electron chi connectivity index (χ1n) is 7.52. The van der Waals surface area contributed by atoms with E-state index in [1.54, 1.807) is 18.0 Å². The van der Waals surface area contributed by atoms with Crippen LogP contribution in [0.5, 0.6) is 0 Å². The number of likely N-dealkylation sites (tertiary alicyclic amines) is 1. The fourth-order valence-corrected chi connectivity index (χ4v) is 2.71. The maximum Gasteiger partial charge on any atom is 0.291 e. The molecule has 0 radical (unpaired) electrons. The first kappa shape index (κ1) is 15.3. The summed E-state index contributed by atoms with van der Waals surface area (Å²) >= 11 is 0. The van der Waals surface area contributed by atoms with E-state index in [1.165, 1.54) is 13.3 Å². The maximum atomic E-state index is 12.4. The van der Waals surface area contributed by atoms with Gasteiger partial charge in [0.15, 0.2) is 6.39 Å². The van der Waals surface area contributed by atoms with Crippen LogP contribution in [-0.4, -0.2) is 44.8 Å². The van der Waals surface area contributed by atoms with Crippen LogP contribution in [0.3, 0.4) is 0 Å². The largest absolute Gasteiger partial charge is 0.438 e. The molecule has 2 amide bonds. The zero-order valence-corrected chi connectivity index (χ0v) is 13.1. The molecule has 3 rings (SSSR count). The lowest BCUT2D eigenvalue weighted by Crippen LogP contribution is -2.28. The van der Waals surface area contributed by atoms with Crippen LogP contribution in [0.2, 0.25) is 0 Å². The lowest BCUT2D eigenvalue weighted by molar-refractivity contribution is -0.119. The Hall–Kier alpha value is -2.64. The van der Waals surface area contributed by atoms with Crippen molar-refractivity contribution in [2.24, 2.45) is 0 Å². The molecule has 0 aromatic carbocycles. The standard InChI is InChI=1S/C15H19N5O3/c1-9-13(23-8-18-9)15(22)20-4-3-11(7-20)14-17-6-12(19-14)5-16-10(2)21/h6,8,11H,3-5,7H2,1-2H3,(H,16,21)(H,17,19)/t11-/m1/s1. The monoisotopic (exact) mass is 317 g/mol. The minimum Gasteiger partial charge on any atom is -0.438 e. The number of amides is 2. The van der Waals surface area contributed by atoms with E-state index in [4.69, 9.17) is 4.42 Å². The number of H-pyrrole nitrogens is 1. The predicted octanol–water partition coefficient (Wildman–Crippen LogP) is 0.972. The second-order valence-electron chi connectivity index (χ2n) is 5.71. The second-order valence-corrected chi connectivity index (χ2v) is 5.71. The average molecular weight is 317 g/mol. The van der Waals surface area contributed by atoms with Gasteiger partial charge >= 0.3 is 0 Å². The molecule has 0 bridgehead atoms. The summed E-state index contributed by atoms with van der Waals surface area (Å²) in [5.41, 5.74) is 1.46. The van der Waals surface area contributed by atoms with Gasteiger partial charge in [-0.1, -0.05) is 0 Å². The number of carbonyl (C=O) groups excluding carboxylic acids is 2. The number of rotatable bonds is 4. The van der Waals surface area contributed by atoms with Crippen LogP contribution in [0, 0.1) is 6.92 Å². The predicted molar refractivity (Wildman–Crippen MR) is 80.6 cm³/mol. The van der Waals surface area contributed by atoms with Gasteiger partial charge in [0.2, 0.25) is 11.7 Å². The molecule has 3 heterocycles. The number of hydrogen-bond acceptors (Lipinski definition) is 5. The van der Waals surface area contributed by atoms with Crippen molar-refractivity contribution >= 4 is 11.8 Å². The van der Waals surface area contributed by atoms with Crippen molar-refractivity contribution in [2.75, 3.05) is 13.1 Å². The van der Waals surface area contributed by atoms with Gasteiger partial charge in [0.05, 0.1) is 24.1 Å². The van der Waals surface area contributed by atoms with E-state index in [1.807, 2.05) is 0 Å². The zero-order chi connectivity index (χ0) is 16.4. The van der Waals surface area contributed by atoms with Crippen molar-refractivity contribution in [2.45, 2.75) is 32.7 Å². The highest BCUT2D eigenvalue weighted by atomic mass is 16.3. The number of carbonyl (C=O) groups is 2. The smallest absolute Gasteiger partial charge is 0.291 e. The molecule has 1 saturated heterocycles. The minimum atomic E-state index is -0.132. The number of nitrogens with one attached hydrogen (secondary N) is 2. The van der Waals surface area contributed by atoms with E-state index < -0.39 is 0 Å². The highest BCUT2D eigenvalue weighted by molar-refractivity contribution is 5.92. The Kier molecular flexibility index (Phi) is 4.14. The van der Waals surface area contributed by atoms with E-state index in [-0.39, 0.29) is 17.7 Å². The van der Waals surface area contributed by atoms with Crippen molar-refractivity contribution in [3.8, 4) is 0 Å². The molecule has 2 aromatic heterocycles. The van der Waals surface area contributed by atoms with Crippen LogP contribution in [0.4, 0.5) is 0 Å². The number of aromatic amines is 1. The third-order valence-electron chi connectivity index (χ3n) is 3.98. The summed E-state index contributed by atoms with van der Waals surface area (Å²) in [5.74, 6) is 1.09. The lowest BCUT2D eigenvalue weighted by Gasteiger charge is -2.14. The summed E-state index contributed by atoms with van der Waals surface area (Å²) in [6.45, 7) is 4.90. The van der Waals surface area contributed by atoms with Gasteiger partial charge in [0.1, 0.15) is 5.82 Å². The molecule has 1 fully saturated rings. The van der Waals surface area contributed by atoms with Crippen molar-refractivity contribution < 1.29 is 14.0 Å². The molecule has 122 valence electrons. The third kappa shape index (κ3) is 3.25. The van der Waals surface area contributed by atoms with E-state index in [0.717, 1.165) is 17.9 Å². The Bertz CT molecular complexity index is 720. The van der Waals surface area contributed by atoms with Crippen molar-refractivity contribution in [3.63, 3.8) is 0 Å². The summed E-state index contributed by atoms with van der Waals surface area (Å²) in [4.78, 5) is 36.6. The number of aryl methyl sites for hydroxylation is 1. The maximum absolute atomic E-state index is 12.4. The fraction of sp³-hybridized carbons (Fsp3) is 0.467. The number of imidazole rings is 1. The minimum absolute atomic E-state index is 0.0822. The van der Waals surface area contributed by atoms with E-state index in [9.17, 15) is 9.59 Å². The molecule has 0 unspecified atom stereocenters. The van der Waals surface area contributed by atoms with Gasteiger partial charge in [-0.05, 0) is 13.3 Å². The van der Waals surface area contributed by atoms with Gasteiger partial charge in [0, 0.05) is 25.9 Å². The van der Waals surface area contributed by atoms with E-state index in [0.29, 0.717) is 31.1 Å². The molecule has 23 heavy (non-hydrogen) atoms.